The SMILES string of the molecule is NC(=O)C1CC(Oc2ccccc2)CN1C(=O)CNC(=O)CCCOc1ccccc1. The predicted octanol–water partition coefficient (Wildman–Crippen LogP) is 1.50. The van der Waals surface area contributed by atoms with E-state index in [1.54, 1.807) is 0 Å². The molecule has 1 aliphatic heterocycles. The van der Waals surface area contributed by atoms with Crippen molar-refractivity contribution < 1.29 is 23.9 Å². The van der Waals surface area contributed by atoms with Crippen LogP contribution in [-0.2, 0) is 14.4 Å². The van der Waals surface area contributed by atoms with E-state index in [0.29, 0.717) is 25.2 Å². The van der Waals surface area contributed by atoms with Gasteiger partial charge in [0.1, 0.15) is 23.6 Å². The summed E-state index contributed by atoms with van der Waals surface area (Å²) in [6.07, 6.45) is 0.740. The van der Waals surface area contributed by atoms with Gasteiger partial charge >= 0.3 is 0 Å². The number of nitrogens with two attached hydrogens (primary N) is 1. The predicted molar refractivity (Wildman–Crippen MR) is 114 cm³/mol. The van der Waals surface area contributed by atoms with E-state index in [-0.39, 0.29) is 37.4 Å². The van der Waals surface area contributed by atoms with Crippen molar-refractivity contribution in [3.05, 3.63) is 60.7 Å². The topological polar surface area (TPSA) is 111 Å². The molecule has 0 aromatic heterocycles. The molecule has 3 N–H and O–H groups in total. The Hall–Kier alpha value is -3.55. The lowest BCUT2D eigenvalue weighted by molar-refractivity contribution is -0.137. The van der Waals surface area contributed by atoms with Crippen molar-refractivity contribution in [1.29, 1.82) is 0 Å². The summed E-state index contributed by atoms with van der Waals surface area (Å²) in [5.41, 5.74) is 5.48. The maximum Gasteiger partial charge on any atom is 0.242 e. The molecule has 2 atom stereocenters. The number of hydrogen-bond donors (Lipinski definition) is 2. The van der Waals surface area contributed by atoms with Gasteiger partial charge in [0.2, 0.25) is 17.7 Å². The molecule has 2 aromatic carbocycles. The Morgan fingerprint density at radius 1 is 1.00 bits per heavy atom. The second-order valence-electron chi connectivity index (χ2n) is 7.29. The molecule has 3 rings (SSSR count). The average Bonchev–Trinajstić information content (AvgIpc) is 3.21. The van der Waals surface area contributed by atoms with Crippen LogP contribution in [0.1, 0.15) is 19.3 Å². The summed E-state index contributed by atoms with van der Waals surface area (Å²) in [5.74, 6) is 0.207. The Morgan fingerprint density at radius 3 is 2.29 bits per heavy atom. The van der Waals surface area contributed by atoms with Crippen molar-refractivity contribution in [2.45, 2.75) is 31.4 Å². The number of rotatable bonds is 10. The van der Waals surface area contributed by atoms with Gasteiger partial charge in [-0.15, -0.1) is 0 Å². The van der Waals surface area contributed by atoms with Gasteiger partial charge in [0.05, 0.1) is 19.7 Å². The minimum Gasteiger partial charge on any atom is -0.494 e. The Morgan fingerprint density at radius 2 is 1.65 bits per heavy atom. The number of carbonyl (C=O) groups excluding carboxylic acids is 3. The Balaban J connectivity index is 1.41. The van der Waals surface area contributed by atoms with E-state index in [2.05, 4.69) is 5.32 Å². The molecule has 0 saturated carbocycles. The van der Waals surface area contributed by atoms with Crippen LogP contribution in [0.4, 0.5) is 0 Å². The third-order valence-electron chi connectivity index (χ3n) is 4.95. The van der Waals surface area contributed by atoms with Crippen molar-refractivity contribution in [3.63, 3.8) is 0 Å². The van der Waals surface area contributed by atoms with Crippen LogP contribution in [0.15, 0.2) is 60.7 Å². The molecule has 0 bridgehead atoms. The van der Waals surface area contributed by atoms with Crippen LogP contribution in [0.25, 0.3) is 0 Å². The quantitative estimate of drug-likeness (QED) is 0.561. The van der Waals surface area contributed by atoms with Gasteiger partial charge in [0.15, 0.2) is 0 Å². The summed E-state index contributed by atoms with van der Waals surface area (Å²) >= 11 is 0. The number of likely N-dealkylation sites (tertiary alicyclic amines) is 1. The van der Waals surface area contributed by atoms with Gasteiger partial charge in [-0.25, -0.2) is 0 Å². The molecule has 2 aromatic rings. The van der Waals surface area contributed by atoms with Crippen LogP contribution in [0.3, 0.4) is 0 Å². The van der Waals surface area contributed by atoms with E-state index >= 15 is 0 Å². The van der Waals surface area contributed by atoms with Gasteiger partial charge in [0.25, 0.3) is 0 Å². The van der Waals surface area contributed by atoms with E-state index < -0.39 is 11.9 Å². The molecule has 1 heterocycles. The second kappa shape index (κ2) is 11.0. The third-order valence-corrected chi connectivity index (χ3v) is 4.95. The number of nitrogens with one attached hydrogen (secondary N) is 1. The maximum atomic E-state index is 12.6. The molecule has 2 unspecified atom stereocenters. The molecule has 8 heteroatoms. The Kier molecular flexibility index (Phi) is 7.86. The van der Waals surface area contributed by atoms with Gasteiger partial charge in [-0.05, 0) is 30.7 Å². The Bertz CT molecular complexity index is 875. The Labute approximate surface area is 181 Å². The number of primary amides is 1. The van der Waals surface area contributed by atoms with Crippen molar-refractivity contribution in [1.82, 2.24) is 10.2 Å². The van der Waals surface area contributed by atoms with Gasteiger partial charge in [-0.2, -0.15) is 0 Å². The van der Waals surface area contributed by atoms with Crippen LogP contribution >= 0.6 is 0 Å². The van der Waals surface area contributed by atoms with Gasteiger partial charge in [0, 0.05) is 12.8 Å². The molecule has 1 aliphatic rings. The van der Waals surface area contributed by atoms with Crippen LogP contribution in [-0.4, -0.2) is 54.5 Å². The van der Waals surface area contributed by atoms with Crippen molar-refractivity contribution >= 4 is 17.7 Å². The zero-order valence-corrected chi connectivity index (χ0v) is 17.2. The lowest BCUT2D eigenvalue weighted by Crippen LogP contribution is -2.47. The van der Waals surface area contributed by atoms with Crippen LogP contribution in [0, 0.1) is 0 Å². The number of nitrogens with zero attached hydrogens (tertiary/aromatic N) is 1. The fourth-order valence-electron chi connectivity index (χ4n) is 3.42. The van der Waals surface area contributed by atoms with Crippen molar-refractivity contribution in [2.75, 3.05) is 19.7 Å². The fraction of sp³-hybridized carbons (Fsp3) is 0.348. The van der Waals surface area contributed by atoms with Crippen LogP contribution in [0.5, 0.6) is 11.5 Å². The normalized spacial score (nSPS) is 17.7. The first-order valence-corrected chi connectivity index (χ1v) is 10.3. The summed E-state index contributed by atoms with van der Waals surface area (Å²) in [6.45, 7) is 0.447. The summed E-state index contributed by atoms with van der Waals surface area (Å²) in [6, 6.07) is 17.8. The van der Waals surface area contributed by atoms with E-state index in [0.717, 1.165) is 5.75 Å². The zero-order chi connectivity index (χ0) is 22.1. The highest BCUT2D eigenvalue weighted by molar-refractivity contribution is 5.90. The molecule has 0 aliphatic carbocycles. The van der Waals surface area contributed by atoms with Crippen LogP contribution < -0.4 is 20.5 Å². The summed E-state index contributed by atoms with van der Waals surface area (Å²) in [7, 11) is 0. The molecule has 1 saturated heterocycles. The largest absolute Gasteiger partial charge is 0.494 e. The van der Waals surface area contributed by atoms with Crippen LogP contribution in [0.2, 0.25) is 0 Å². The molecule has 31 heavy (non-hydrogen) atoms. The van der Waals surface area contributed by atoms with Gasteiger partial charge in [-0.3, -0.25) is 14.4 Å². The highest BCUT2D eigenvalue weighted by atomic mass is 16.5. The number of ether oxygens (including phenoxy) is 2. The van der Waals surface area contributed by atoms with E-state index in [1.807, 2.05) is 60.7 Å². The molecule has 164 valence electrons. The highest BCUT2D eigenvalue weighted by Crippen LogP contribution is 2.23. The number of carbonyl (C=O) groups is 3. The average molecular weight is 425 g/mol. The highest BCUT2D eigenvalue weighted by Gasteiger charge is 2.39. The fourth-order valence-corrected chi connectivity index (χ4v) is 3.42. The first-order chi connectivity index (χ1) is 15.0. The molecule has 8 nitrogen and oxygen atoms in total. The van der Waals surface area contributed by atoms with Crippen molar-refractivity contribution in [2.24, 2.45) is 5.73 Å². The third kappa shape index (κ3) is 6.74. The first-order valence-electron chi connectivity index (χ1n) is 10.3. The van der Waals surface area contributed by atoms with Gasteiger partial charge < -0.3 is 25.4 Å². The monoisotopic (exact) mass is 425 g/mol. The molecular formula is C23H27N3O5. The minimum atomic E-state index is -0.752. The first kappa shape index (κ1) is 22.1. The summed E-state index contributed by atoms with van der Waals surface area (Å²) in [4.78, 5) is 37.8. The molecule has 3 amide bonds. The standard InChI is InChI=1S/C23H27N3O5/c24-23(29)20-14-19(31-18-10-5-2-6-11-18)16-26(20)22(28)15-25-21(27)12-7-13-30-17-8-3-1-4-9-17/h1-6,8-11,19-20H,7,12-16H2,(H2,24,29)(H,25,27). The summed E-state index contributed by atoms with van der Waals surface area (Å²) < 4.78 is 11.4. The van der Waals surface area contributed by atoms with Crippen molar-refractivity contribution in [3.8, 4) is 11.5 Å². The number of para-hydroxylation sites is 2. The number of hydrogen-bond acceptors (Lipinski definition) is 5. The van der Waals surface area contributed by atoms with Gasteiger partial charge in [-0.1, -0.05) is 36.4 Å². The maximum absolute atomic E-state index is 12.6. The number of benzene rings is 2. The summed E-state index contributed by atoms with van der Waals surface area (Å²) in [5, 5.41) is 2.60. The molecule has 1 fully saturated rings. The second-order valence-corrected chi connectivity index (χ2v) is 7.29. The van der Waals surface area contributed by atoms with E-state index in [9.17, 15) is 14.4 Å². The zero-order valence-electron chi connectivity index (χ0n) is 17.2. The lowest BCUT2D eigenvalue weighted by Gasteiger charge is -2.22. The lowest BCUT2D eigenvalue weighted by atomic mass is 10.2. The minimum absolute atomic E-state index is 0.194. The number of amides is 3. The molecular weight excluding hydrogens is 398 g/mol. The van der Waals surface area contributed by atoms with E-state index in [4.69, 9.17) is 15.2 Å². The molecule has 0 radical (unpaired) electrons. The smallest absolute Gasteiger partial charge is 0.242 e. The van der Waals surface area contributed by atoms with E-state index in [1.165, 1.54) is 4.90 Å². The molecule has 0 spiro atoms.